The molecule has 3 aromatic carbocycles. The maximum absolute atomic E-state index is 13.2. The highest BCUT2D eigenvalue weighted by Gasteiger charge is 2.19. The average molecular weight is 495 g/mol. The molecule has 0 fully saturated rings. The first-order valence-electron chi connectivity index (χ1n) is 12.4. The molecule has 2 N–H and O–H groups in total. The molecular weight excluding hydrogens is 464 g/mol. The van der Waals surface area contributed by atoms with Crippen molar-refractivity contribution >= 4 is 22.5 Å². The van der Waals surface area contributed by atoms with E-state index in [0.717, 1.165) is 44.6 Å². The number of aromatic nitrogens is 3. The Balaban J connectivity index is 1.40. The van der Waals surface area contributed by atoms with Crippen LogP contribution in [-0.4, -0.2) is 28.1 Å². The number of nitrogens with zero attached hydrogens (tertiary/aromatic N) is 2. The molecule has 0 spiro atoms. The summed E-state index contributed by atoms with van der Waals surface area (Å²) in [5.41, 5.74) is 6.56. The van der Waals surface area contributed by atoms with Crippen LogP contribution in [0.4, 0.5) is 5.69 Å². The number of aromatic amines is 1. The number of nitrogens with one attached hydrogen (secondary N) is 2. The largest absolute Gasteiger partial charge is 0.497 e. The van der Waals surface area contributed by atoms with E-state index >= 15 is 0 Å². The highest BCUT2D eigenvalue weighted by molar-refractivity contribution is 5.97. The molecule has 0 saturated heterocycles. The third-order valence-corrected chi connectivity index (χ3v) is 6.52. The molecule has 2 heterocycles. The molecule has 0 aliphatic heterocycles. The maximum Gasteiger partial charge on any atom is 0.260 e. The normalized spacial score (nSPS) is 11.3. The van der Waals surface area contributed by atoms with Gasteiger partial charge in [-0.1, -0.05) is 49.3 Å². The van der Waals surface area contributed by atoms with Gasteiger partial charge >= 0.3 is 0 Å². The van der Waals surface area contributed by atoms with E-state index in [1.165, 1.54) is 0 Å². The highest BCUT2D eigenvalue weighted by Crippen LogP contribution is 2.33. The van der Waals surface area contributed by atoms with Crippen molar-refractivity contribution in [1.29, 1.82) is 0 Å². The molecule has 0 atom stereocenters. The fourth-order valence-corrected chi connectivity index (χ4v) is 4.49. The van der Waals surface area contributed by atoms with Crippen molar-refractivity contribution < 1.29 is 14.1 Å². The Morgan fingerprint density at radius 3 is 2.57 bits per heavy atom. The summed E-state index contributed by atoms with van der Waals surface area (Å²) >= 11 is 0. The number of rotatable bonds is 8. The Morgan fingerprint density at radius 2 is 1.84 bits per heavy atom. The SMILES string of the molecule is COc1ccc(-c2[nH]c3ccccc3c2CCC(=O)Nc2c(C)cccc2-c2nc(C(C)C)no2)cc1. The number of hydrogen-bond acceptors (Lipinski definition) is 5. The topological polar surface area (TPSA) is 93.0 Å². The number of fused-ring (bicyclic) bond motifs is 1. The monoisotopic (exact) mass is 494 g/mol. The molecule has 0 radical (unpaired) electrons. The predicted octanol–water partition coefficient (Wildman–Crippen LogP) is 6.90. The predicted molar refractivity (Wildman–Crippen MR) is 146 cm³/mol. The minimum atomic E-state index is -0.0786. The van der Waals surface area contributed by atoms with Crippen molar-refractivity contribution in [2.75, 3.05) is 12.4 Å². The zero-order valence-electron chi connectivity index (χ0n) is 21.5. The van der Waals surface area contributed by atoms with E-state index in [1.807, 2.05) is 75.4 Å². The van der Waals surface area contributed by atoms with Crippen LogP contribution in [0.5, 0.6) is 5.75 Å². The highest BCUT2D eigenvalue weighted by atomic mass is 16.5. The van der Waals surface area contributed by atoms with E-state index in [-0.39, 0.29) is 11.8 Å². The summed E-state index contributed by atoms with van der Waals surface area (Å²) in [4.78, 5) is 21.3. The summed E-state index contributed by atoms with van der Waals surface area (Å²) in [5, 5.41) is 8.30. The van der Waals surface area contributed by atoms with Crippen molar-refractivity contribution in [2.45, 2.75) is 39.5 Å². The number of carbonyl (C=O) groups excluding carboxylic acids is 1. The van der Waals surface area contributed by atoms with Crippen molar-refractivity contribution in [3.8, 4) is 28.5 Å². The van der Waals surface area contributed by atoms with Crippen LogP contribution < -0.4 is 10.1 Å². The number of para-hydroxylation sites is 2. The standard InChI is InChI=1S/C30H30N4O3/c1-18(2)29-33-30(37-34-29)24-10-7-8-19(3)27(24)32-26(35)17-16-23-22-9-5-6-11-25(22)31-28(23)20-12-14-21(36-4)15-13-20/h5-15,18,31H,16-17H2,1-4H3,(H,32,35). The lowest BCUT2D eigenvalue weighted by molar-refractivity contribution is -0.116. The van der Waals surface area contributed by atoms with Crippen LogP contribution >= 0.6 is 0 Å². The molecule has 0 unspecified atom stereocenters. The van der Waals surface area contributed by atoms with Gasteiger partial charge in [-0.25, -0.2) is 0 Å². The minimum Gasteiger partial charge on any atom is -0.497 e. The molecule has 1 amide bonds. The molecule has 7 heteroatoms. The van der Waals surface area contributed by atoms with E-state index in [1.54, 1.807) is 7.11 Å². The zero-order valence-corrected chi connectivity index (χ0v) is 21.5. The first-order chi connectivity index (χ1) is 17.9. The first-order valence-corrected chi connectivity index (χ1v) is 12.4. The number of anilines is 1. The van der Waals surface area contributed by atoms with Gasteiger partial charge in [0, 0.05) is 28.9 Å². The molecule has 0 aliphatic carbocycles. The third kappa shape index (κ3) is 4.98. The van der Waals surface area contributed by atoms with Crippen LogP contribution in [0.15, 0.2) is 71.3 Å². The lowest BCUT2D eigenvalue weighted by Gasteiger charge is -2.12. The third-order valence-electron chi connectivity index (χ3n) is 6.52. The van der Waals surface area contributed by atoms with Crippen molar-refractivity contribution in [3.05, 3.63) is 83.7 Å². The molecule has 37 heavy (non-hydrogen) atoms. The van der Waals surface area contributed by atoms with Gasteiger partial charge in [-0.3, -0.25) is 4.79 Å². The summed E-state index contributed by atoms with van der Waals surface area (Å²) < 4.78 is 10.8. The molecule has 5 aromatic rings. The van der Waals surface area contributed by atoms with E-state index in [0.29, 0.717) is 30.2 Å². The number of amides is 1. The van der Waals surface area contributed by atoms with Gasteiger partial charge < -0.3 is 19.6 Å². The summed E-state index contributed by atoms with van der Waals surface area (Å²) in [6, 6.07) is 21.9. The average Bonchev–Trinajstić information content (AvgIpc) is 3.54. The van der Waals surface area contributed by atoms with Crippen LogP contribution in [0.25, 0.3) is 33.6 Å². The number of methoxy groups -OCH3 is 1. The second-order valence-corrected chi connectivity index (χ2v) is 9.41. The number of H-pyrrole nitrogens is 1. The van der Waals surface area contributed by atoms with Crippen LogP contribution in [0, 0.1) is 6.92 Å². The lowest BCUT2D eigenvalue weighted by atomic mass is 10.0. The van der Waals surface area contributed by atoms with Crippen molar-refractivity contribution in [1.82, 2.24) is 15.1 Å². The van der Waals surface area contributed by atoms with E-state index < -0.39 is 0 Å². The quantitative estimate of drug-likeness (QED) is 0.245. The summed E-state index contributed by atoms with van der Waals surface area (Å²) in [6.45, 7) is 5.98. The van der Waals surface area contributed by atoms with Gasteiger partial charge in [0.25, 0.3) is 5.89 Å². The molecule has 188 valence electrons. The van der Waals surface area contributed by atoms with Crippen LogP contribution in [0.1, 0.15) is 43.1 Å². The summed E-state index contributed by atoms with van der Waals surface area (Å²) in [5.74, 6) is 1.92. The molecule has 5 rings (SSSR count). The van der Waals surface area contributed by atoms with Crippen molar-refractivity contribution in [2.24, 2.45) is 0 Å². The van der Waals surface area contributed by atoms with Crippen LogP contribution in [-0.2, 0) is 11.2 Å². The van der Waals surface area contributed by atoms with E-state index in [9.17, 15) is 4.79 Å². The summed E-state index contributed by atoms with van der Waals surface area (Å²) in [6.07, 6.45) is 0.899. The second kappa shape index (κ2) is 10.3. The Hall–Kier alpha value is -4.39. The van der Waals surface area contributed by atoms with Gasteiger partial charge in [0.2, 0.25) is 5.91 Å². The Labute approximate surface area is 215 Å². The number of hydrogen-bond donors (Lipinski definition) is 2. The number of ether oxygens (including phenoxy) is 1. The van der Waals surface area contributed by atoms with Crippen LogP contribution in [0.2, 0.25) is 0 Å². The molecule has 7 nitrogen and oxygen atoms in total. The van der Waals surface area contributed by atoms with Gasteiger partial charge in [-0.15, -0.1) is 0 Å². The molecule has 0 saturated carbocycles. The number of aryl methyl sites for hydroxylation is 2. The van der Waals surface area contributed by atoms with Gasteiger partial charge in [0.05, 0.1) is 18.4 Å². The van der Waals surface area contributed by atoms with Gasteiger partial charge in [0.15, 0.2) is 5.82 Å². The summed E-state index contributed by atoms with van der Waals surface area (Å²) in [7, 11) is 1.66. The van der Waals surface area contributed by atoms with E-state index in [4.69, 9.17) is 9.26 Å². The van der Waals surface area contributed by atoms with Gasteiger partial charge in [-0.05, 0) is 66.4 Å². The number of carbonyl (C=O) groups is 1. The van der Waals surface area contributed by atoms with Gasteiger partial charge in [-0.2, -0.15) is 4.98 Å². The molecule has 0 aliphatic rings. The van der Waals surface area contributed by atoms with Crippen molar-refractivity contribution in [3.63, 3.8) is 0 Å². The smallest absolute Gasteiger partial charge is 0.260 e. The maximum atomic E-state index is 13.2. The number of benzene rings is 3. The zero-order chi connectivity index (χ0) is 25.9. The minimum absolute atomic E-state index is 0.0786. The Morgan fingerprint density at radius 1 is 1.05 bits per heavy atom. The first kappa shape index (κ1) is 24.3. The second-order valence-electron chi connectivity index (χ2n) is 9.41. The van der Waals surface area contributed by atoms with E-state index in [2.05, 4.69) is 32.6 Å². The molecule has 2 aromatic heterocycles. The Bertz CT molecular complexity index is 1550. The molecular formula is C30H30N4O3. The van der Waals surface area contributed by atoms with Crippen LogP contribution in [0.3, 0.4) is 0 Å². The fourth-order valence-electron chi connectivity index (χ4n) is 4.49. The Kier molecular flexibility index (Phi) is 6.77. The van der Waals surface area contributed by atoms with Gasteiger partial charge in [0.1, 0.15) is 5.75 Å². The lowest BCUT2D eigenvalue weighted by Crippen LogP contribution is -2.14. The fraction of sp³-hybridized carbons (Fsp3) is 0.233. The molecule has 0 bridgehead atoms.